The van der Waals surface area contributed by atoms with Crippen molar-refractivity contribution in [2.75, 3.05) is 0 Å². The van der Waals surface area contributed by atoms with E-state index in [1.54, 1.807) is 0 Å². The summed E-state index contributed by atoms with van der Waals surface area (Å²) in [7, 11) is 0. The summed E-state index contributed by atoms with van der Waals surface area (Å²) in [5.74, 6) is -0.952. The average molecular weight is 142 g/mol. The number of tetrazole rings is 1. The van der Waals surface area contributed by atoms with E-state index in [1.807, 2.05) is 0 Å². The molecule has 1 aromatic rings. The van der Waals surface area contributed by atoms with Crippen molar-refractivity contribution in [2.45, 2.75) is 13.0 Å². The maximum atomic E-state index is 10.3. The highest BCUT2D eigenvalue weighted by atomic mass is 16.4. The average Bonchev–Trinajstić information content (AvgIpc) is 2.36. The van der Waals surface area contributed by atoms with Crippen molar-refractivity contribution in [2.24, 2.45) is 0 Å². The molecular formula is C4H6N4O2. The highest BCUT2D eigenvalue weighted by molar-refractivity contribution is 5.70. The molecule has 0 saturated heterocycles. The molecule has 0 fully saturated rings. The predicted molar refractivity (Wildman–Crippen MR) is 30.2 cm³/mol. The van der Waals surface area contributed by atoms with E-state index in [2.05, 4.69) is 15.5 Å². The topological polar surface area (TPSA) is 80.9 Å². The Bertz CT molecular complexity index is 219. The van der Waals surface area contributed by atoms with Gasteiger partial charge in [-0.1, -0.05) is 0 Å². The van der Waals surface area contributed by atoms with E-state index in [0.717, 1.165) is 0 Å². The van der Waals surface area contributed by atoms with Gasteiger partial charge in [0.05, 0.1) is 0 Å². The van der Waals surface area contributed by atoms with Gasteiger partial charge in [-0.05, 0) is 17.4 Å². The number of hydrogen-bond acceptors (Lipinski definition) is 4. The van der Waals surface area contributed by atoms with E-state index < -0.39 is 12.0 Å². The second-order valence-corrected chi connectivity index (χ2v) is 1.80. The van der Waals surface area contributed by atoms with Crippen molar-refractivity contribution in [1.29, 1.82) is 0 Å². The molecule has 1 N–H and O–H groups in total. The first-order valence-electron chi connectivity index (χ1n) is 2.67. The van der Waals surface area contributed by atoms with Crippen LogP contribution in [-0.4, -0.2) is 31.3 Å². The zero-order valence-electron chi connectivity index (χ0n) is 5.30. The second-order valence-electron chi connectivity index (χ2n) is 1.80. The molecule has 0 aliphatic rings. The van der Waals surface area contributed by atoms with E-state index >= 15 is 0 Å². The smallest absolute Gasteiger partial charge is 0.328 e. The van der Waals surface area contributed by atoms with E-state index in [9.17, 15) is 4.79 Å². The van der Waals surface area contributed by atoms with Gasteiger partial charge in [-0.3, -0.25) is 0 Å². The normalized spacial score (nSPS) is 12.9. The highest BCUT2D eigenvalue weighted by Gasteiger charge is 2.12. The van der Waals surface area contributed by atoms with Crippen LogP contribution in [-0.2, 0) is 4.79 Å². The molecule has 0 aliphatic carbocycles. The summed E-state index contributed by atoms with van der Waals surface area (Å²) in [6.07, 6.45) is 1.26. The van der Waals surface area contributed by atoms with Crippen molar-refractivity contribution >= 4 is 5.97 Å². The van der Waals surface area contributed by atoms with Crippen molar-refractivity contribution in [3.05, 3.63) is 6.33 Å². The lowest BCUT2D eigenvalue weighted by atomic mass is 10.4. The Balaban J connectivity index is 2.77. The lowest BCUT2D eigenvalue weighted by molar-refractivity contribution is -0.140. The van der Waals surface area contributed by atoms with Crippen LogP contribution in [0.25, 0.3) is 0 Å². The quantitative estimate of drug-likeness (QED) is 0.591. The van der Waals surface area contributed by atoms with Gasteiger partial charge >= 0.3 is 5.97 Å². The monoisotopic (exact) mass is 142 g/mol. The molecule has 54 valence electrons. The number of carbonyl (C=O) groups is 1. The molecule has 6 heteroatoms. The van der Waals surface area contributed by atoms with Crippen LogP contribution in [0, 0.1) is 0 Å². The Kier molecular flexibility index (Phi) is 1.61. The van der Waals surface area contributed by atoms with Gasteiger partial charge in [0.1, 0.15) is 12.4 Å². The number of carboxylic acid groups (broad SMARTS) is 1. The fraction of sp³-hybridized carbons (Fsp3) is 0.500. The standard InChI is InChI=1S/C4H6N4O2/c1-3(4(9)10)8-2-5-6-7-8/h2-3H,1H3,(H,9,10). The van der Waals surface area contributed by atoms with E-state index in [4.69, 9.17) is 5.11 Å². The molecule has 0 aromatic carbocycles. The predicted octanol–water partition coefficient (Wildman–Crippen LogP) is -0.681. The maximum Gasteiger partial charge on any atom is 0.328 e. The van der Waals surface area contributed by atoms with E-state index in [-0.39, 0.29) is 0 Å². The van der Waals surface area contributed by atoms with Crippen molar-refractivity contribution in [3.63, 3.8) is 0 Å². The molecule has 0 amide bonds. The van der Waals surface area contributed by atoms with Gasteiger partial charge in [0, 0.05) is 0 Å². The first-order chi connectivity index (χ1) is 4.72. The molecule has 6 nitrogen and oxygen atoms in total. The molecule has 0 spiro atoms. The van der Waals surface area contributed by atoms with Crippen LogP contribution < -0.4 is 0 Å². The van der Waals surface area contributed by atoms with Gasteiger partial charge in [0.25, 0.3) is 0 Å². The Morgan fingerprint density at radius 2 is 2.50 bits per heavy atom. The highest BCUT2D eigenvalue weighted by Crippen LogP contribution is 1.98. The minimum absolute atomic E-state index is 0.699. The van der Waals surface area contributed by atoms with Crippen LogP contribution >= 0.6 is 0 Å². The molecule has 1 rings (SSSR count). The number of rotatable bonds is 2. The Hall–Kier alpha value is -1.46. The summed E-state index contributed by atoms with van der Waals surface area (Å²) < 4.78 is 1.17. The van der Waals surface area contributed by atoms with Crippen molar-refractivity contribution in [1.82, 2.24) is 20.2 Å². The number of aromatic nitrogens is 4. The van der Waals surface area contributed by atoms with Crippen LogP contribution in [0.3, 0.4) is 0 Å². The molecule has 1 atom stereocenters. The van der Waals surface area contributed by atoms with Crippen LogP contribution in [0.2, 0.25) is 0 Å². The zero-order chi connectivity index (χ0) is 7.56. The molecule has 0 aliphatic heterocycles. The second kappa shape index (κ2) is 2.42. The van der Waals surface area contributed by atoms with Gasteiger partial charge < -0.3 is 5.11 Å². The lowest BCUT2D eigenvalue weighted by Gasteiger charge is -2.01. The molecule has 0 bridgehead atoms. The maximum absolute atomic E-state index is 10.3. The van der Waals surface area contributed by atoms with Crippen LogP contribution in [0.1, 0.15) is 13.0 Å². The Morgan fingerprint density at radius 1 is 1.80 bits per heavy atom. The summed E-state index contributed by atoms with van der Waals surface area (Å²) in [6, 6.07) is -0.699. The van der Waals surface area contributed by atoms with Gasteiger partial charge in [-0.2, -0.15) is 0 Å². The third-order valence-corrected chi connectivity index (χ3v) is 1.12. The molecule has 10 heavy (non-hydrogen) atoms. The first-order valence-corrected chi connectivity index (χ1v) is 2.67. The van der Waals surface area contributed by atoms with Gasteiger partial charge in [0.2, 0.25) is 0 Å². The Morgan fingerprint density at radius 3 is 2.90 bits per heavy atom. The third kappa shape index (κ3) is 1.09. The van der Waals surface area contributed by atoms with E-state index in [0.29, 0.717) is 0 Å². The number of aliphatic carboxylic acids is 1. The summed E-state index contributed by atoms with van der Waals surface area (Å²) in [5, 5.41) is 18.4. The summed E-state index contributed by atoms with van der Waals surface area (Å²) in [6.45, 7) is 1.50. The number of hydrogen-bond donors (Lipinski definition) is 1. The molecule has 1 unspecified atom stereocenters. The molecular weight excluding hydrogens is 136 g/mol. The number of carboxylic acids is 1. The molecule has 0 radical (unpaired) electrons. The van der Waals surface area contributed by atoms with Crippen LogP contribution in [0.5, 0.6) is 0 Å². The van der Waals surface area contributed by atoms with Gasteiger partial charge in [0.15, 0.2) is 0 Å². The molecule has 1 heterocycles. The Labute approximate surface area is 56.5 Å². The zero-order valence-corrected chi connectivity index (χ0v) is 5.30. The first kappa shape index (κ1) is 6.66. The van der Waals surface area contributed by atoms with Crippen LogP contribution in [0.15, 0.2) is 6.33 Å². The van der Waals surface area contributed by atoms with Crippen LogP contribution in [0.4, 0.5) is 0 Å². The minimum atomic E-state index is -0.952. The summed E-state index contributed by atoms with van der Waals surface area (Å²) in [4.78, 5) is 10.3. The van der Waals surface area contributed by atoms with Gasteiger partial charge in [-0.25, -0.2) is 9.48 Å². The lowest BCUT2D eigenvalue weighted by Crippen LogP contribution is -2.15. The SMILES string of the molecule is CC(C(=O)O)n1cnnn1. The minimum Gasteiger partial charge on any atom is -0.480 e. The largest absolute Gasteiger partial charge is 0.480 e. The van der Waals surface area contributed by atoms with Crippen molar-refractivity contribution in [3.8, 4) is 0 Å². The fourth-order valence-electron chi connectivity index (χ4n) is 0.459. The fourth-order valence-corrected chi connectivity index (χ4v) is 0.459. The number of nitrogens with zero attached hydrogens (tertiary/aromatic N) is 4. The van der Waals surface area contributed by atoms with Gasteiger partial charge in [-0.15, -0.1) is 5.10 Å². The summed E-state index contributed by atoms with van der Waals surface area (Å²) in [5.41, 5.74) is 0. The third-order valence-electron chi connectivity index (χ3n) is 1.12. The molecule has 1 aromatic heterocycles. The van der Waals surface area contributed by atoms with E-state index in [1.165, 1.54) is 17.9 Å². The molecule has 0 saturated carbocycles. The summed E-state index contributed by atoms with van der Waals surface area (Å²) >= 11 is 0. The van der Waals surface area contributed by atoms with Crippen molar-refractivity contribution < 1.29 is 9.90 Å².